The van der Waals surface area contributed by atoms with E-state index in [9.17, 15) is 4.79 Å². The quantitative estimate of drug-likeness (QED) is 0.0468. The van der Waals surface area contributed by atoms with Gasteiger partial charge in [0.05, 0.1) is 13.2 Å². The first-order valence-electron chi connectivity index (χ1n) is 22.4. The zero-order valence-corrected chi connectivity index (χ0v) is 36.8. The maximum atomic E-state index is 14.2. The Morgan fingerprint density at radius 2 is 1.42 bits per heavy atom. The molecule has 0 radical (unpaired) electrons. The summed E-state index contributed by atoms with van der Waals surface area (Å²) in [5.74, 6) is 2.04. The lowest BCUT2D eigenvalue weighted by Gasteiger charge is -2.39. The summed E-state index contributed by atoms with van der Waals surface area (Å²) in [6, 6.07) is 35.0. The molecule has 0 bridgehead atoms. The van der Waals surface area contributed by atoms with Crippen LogP contribution in [-0.4, -0.2) is 106 Å². The number of nitrogens with two attached hydrogens (primary N) is 2. The van der Waals surface area contributed by atoms with Gasteiger partial charge in [0.2, 0.25) is 5.91 Å². The topological polar surface area (TPSA) is 121 Å². The van der Waals surface area contributed by atoms with E-state index in [1.54, 1.807) is 7.11 Å². The summed E-state index contributed by atoms with van der Waals surface area (Å²) in [6.07, 6.45) is 7.42. The number of nitrogens with one attached hydrogen (secondary N) is 3. The summed E-state index contributed by atoms with van der Waals surface area (Å²) in [5, 5.41) is 13.9. The van der Waals surface area contributed by atoms with Crippen LogP contribution in [0.1, 0.15) is 81.9 Å². The standard InChI is InChI=1S/C50H75N7O2/c1-37(2)28-45(54-34-46(30-40-16-10-7-11-17-40)53-33-44(52)29-39-14-8-6-9-15-39)35-55-49(18-12-13-25-51)50(58)57-26-23-47(24-27-57)56(4)36-38(3)41-19-20-43-32-48(59-5)22-21-42(43)31-41/h6-11,14-17,19-22,31-32,37-38,44-47,49,53-55H,12-13,18,23-30,33-36,51-52H2,1-5H3/t38-,44-,45-,46-,49-/m1/s1. The number of ether oxygens (including phenoxy) is 1. The van der Waals surface area contributed by atoms with Crippen LogP contribution < -0.4 is 32.2 Å². The van der Waals surface area contributed by atoms with Crippen LogP contribution in [0.4, 0.5) is 0 Å². The summed E-state index contributed by atoms with van der Waals surface area (Å²) >= 11 is 0. The number of rotatable bonds is 25. The Morgan fingerprint density at radius 3 is 2.08 bits per heavy atom. The number of piperidine rings is 1. The second kappa shape index (κ2) is 24.4. The Kier molecular flexibility index (Phi) is 19.1. The van der Waals surface area contributed by atoms with Crippen LogP contribution in [0, 0.1) is 5.92 Å². The highest BCUT2D eigenvalue weighted by Crippen LogP contribution is 2.27. The summed E-state index contributed by atoms with van der Waals surface area (Å²) in [5.41, 5.74) is 16.5. The van der Waals surface area contributed by atoms with E-state index in [-0.39, 0.29) is 30.1 Å². The van der Waals surface area contributed by atoms with E-state index in [1.807, 2.05) is 12.1 Å². The summed E-state index contributed by atoms with van der Waals surface area (Å²) < 4.78 is 5.42. The van der Waals surface area contributed by atoms with Gasteiger partial charge in [-0.1, -0.05) is 112 Å². The van der Waals surface area contributed by atoms with Gasteiger partial charge in [-0.25, -0.2) is 0 Å². The molecular weight excluding hydrogens is 731 g/mol. The number of hydrogen-bond acceptors (Lipinski definition) is 8. The number of nitrogens with zero attached hydrogens (tertiary/aromatic N) is 2. The lowest BCUT2D eigenvalue weighted by Crippen LogP contribution is -2.54. The fraction of sp³-hybridized carbons (Fsp3) is 0.540. The number of benzene rings is 4. The van der Waals surface area contributed by atoms with Gasteiger partial charge < -0.3 is 42.0 Å². The molecule has 5 rings (SSSR count). The second-order valence-electron chi connectivity index (χ2n) is 17.6. The Balaban J connectivity index is 1.14. The molecule has 322 valence electrons. The Bertz CT molecular complexity index is 1780. The van der Waals surface area contributed by atoms with Crippen LogP contribution in [0.2, 0.25) is 0 Å². The van der Waals surface area contributed by atoms with Crippen molar-refractivity contribution in [2.24, 2.45) is 17.4 Å². The second-order valence-corrected chi connectivity index (χ2v) is 17.6. The predicted molar refractivity (Wildman–Crippen MR) is 247 cm³/mol. The first kappa shape index (κ1) is 46.2. The van der Waals surface area contributed by atoms with Gasteiger partial charge in [0.1, 0.15) is 5.75 Å². The molecule has 1 aliphatic heterocycles. The third-order valence-electron chi connectivity index (χ3n) is 12.2. The van der Waals surface area contributed by atoms with E-state index in [0.29, 0.717) is 24.4 Å². The molecule has 0 saturated carbocycles. The van der Waals surface area contributed by atoms with Crippen molar-refractivity contribution < 1.29 is 9.53 Å². The summed E-state index contributed by atoms with van der Waals surface area (Å²) in [7, 11) is 3.96. The molecule has 0 aliphatic carbocycles. The Labute approximate surface area is 356 Å². The minimum atomic E-state index is -0.214. The van der Waals surface area contributed by atoms with E-state index in [2.05, 4.69) is 138 Å². The number of amides is 1. The van der Waals surface area contributed by atoms with E-state index in [1.165, 1.54) is 27.5 Å². The number of methoxy groups -OCH3 is 1. The van der Waals surface area contributed by atoms with Crippen LogP contribution in [0.15, 0.2) is 97.1 Å². The van der Waals surface area contributed by atoms with Crippen molar-refractivity contribution in [3.8, 4) is 5.75 Å². The molecule has 1 saturated heterocycles. The van der Waals surface area contributed by atoms with E-state index < -0.39 is 0 Å². The number of likely N-dealkylation sites (N-methyl/N-ethyl adjacent to an activating group) is 1. The third-order valence-corrected chi connectivity index (χ3v) is 12.2. The van der Waals surface area contributed by atoms with Gasteiger partial charge in [-0.15, -0.1) is 0 Å². The third kappa shape index (κ3) is 15.3. The SMILES string of the molecule is COc1ccc2cc([C@H](C)CN(C)C3CCN(C(=O)[C@@H](CCCCN)NC[C@@H](CC(C)C)NC[C@@H](Cc4ccccc4)NC[C@H](N)Cc4ccccc4)CC3)ccc2c1. The van der Waals surface area contributed by atoms with Crippen molar-refractivity contribution in [2.75, 3.05) is 60.0 Å². The fourth-order valence-corrected chi connectivity index (χ4v) is 8.74. The molecular formula is C50H75N7O2. The average molecular weight is 806 g/mol. The Morgan fingerprint density at radius 1 is 0.797 bits per heavy atom. The minimum absolute atomic E-state index is 0.0272. The summed E-state index contributed by atoms with van der Waals surface area (Å²) in [6.45, 7) is 12.4. The normalized spacial score (nSPS) is 16.3. The minimum Gasteiger partial charge on any atom is -0.497 e. The van der Waals surface area contributed by atoms with Crippen molar-refractivity contribution in [3.63, 3.8) is 0 Å². The highest BCUT2D eigenvalue weighted by atomic mass is 16.5. The molecule has 9 heteroatoms. The van der Waals surface area contributed by atoms with E-state index in [0.717, 1.165) is 96.4 Å². The van der Waals surface area contributed by atoms with Crippen LogP contribution in [-0.2, 0) is 17.6 Å². The first-order chi connectivity index (χ1) is 28.6. The molecule has 1 fully saturated rings. The van der Waals surface area contributed by atoms with Crippen molar-refractivity contribution in [1.29, 1.82) is 0 Å². The van der Waals surface area contributed by atoms with Crippen molar-refractivity contribution in [3.05, 3.63) is 114 Å². The maximum absolute atomic E-state index is 14.2. The molecule has 0 unspecified atom stereocenters. The summed E-state index contributed by atoms with van der Waals surface area (Å²) in [4.78, 5) is 18.9. The van der Waals surface area contributed by atoms with Gasteiger partial charge in [-0.2, -0.15) is 0 Å². The molecule has 1 aliphatic rings. The lowest BCUT2D eigenvalue weighted by atomic mass is 9.95. The average Bonchev–Trinajstić information content (AvgIpc) is 3.25. The molecule has 9 nitrogen and oxygen atoms in total. The Hall–Kier alpha value is -3.83. The molecule has 0 spiro atoms. The molecule has 5 atom stereocenters. The molecule has 4 aromatic carbocycles. The molecule has 1 heterocycles. The number of likely N-dealkylation sites (tertiary alicyclic amines) is 1. The number of fused-ring (bicyclic) bond motifs is 1. The largest absolute Gasteiger partial charge is 0.497 e. The van der Waals surface area contributed by atoms with Crippen molar-refractivity contribution >= 4 is 16.7 Å². The highest BCUT2D eigenvalue weighted by molar-refractivity contribution is 5.84. The predicted octanol–water partition coefficient (Wildman–Crippen LogP) is 6.74. The van der Waals surface area contributed by atoms with Crippen LogP contribution in [0.3, 0.4) is 0 Å². The molecule has 4 aromatic rings. The lowest BCUT2D eigenvalue weighted by molar-refractivity contribution is -0.135. The van der Waals surface area contributed by atoms with Gasteiger partial charge in [0.25, 0.3) is 0 Å². The smallest absolute Gasteiger partial charge is 0.239 e. The van der Waals surface area contributed by atoms with Gasteiger partial charge in [-0.05, 0) is 110 Å². The number of hydrogen-bond donors (Lipinski definition) is 5. The molecule has 59 heavy (non-hydrogen) atoms. The van der Waals surface area contributed by atoms with Crippen molar-refractivity contribution in [2.45, 2.75) is 108 Å². The number of unbranched alkanes of at least 4 members (excludes halogenated alkanes) is 1. The molecule has 0 aromatic heterocycles. The van der Waals surface area contributed by atoms with Crippen molar-refractivity contribution in [1.82, 2.24) is 25.8 Å². The zero-order valence-electron chi connectivity index (χ0n) is 36.8. The molecule has 7 N–H and O–H groups in total. The van der Waals surface area contributed by atoms with E-state index in [4.69, 9.17) is 16.2 Å². The maximum Gasteiger partial charge on any atom is 0.239 e. The van der Waals surface area contributed by atoms with Crippen LogP contribution in [0.25, 0.3) is 10.8 Å². The molecule has 1 amide bonds. The van der Waals surface area contributed by atoms with Crippen LogP contribution in [0.5, 0.6) is 5.75 Å². The number of carbonyl (C=O) groups excluding carboxylic acids is 1. The van der Waals surface area contributed by atoms with Gasteiger partial charge in [0, 0.05) is 63.4 Å². The monoisotopic (exact) mass is 806 g/mol. The van der Waals surface area contributed by atoms with Gasteiger partial charge >= 0.3 is 0 Å². The number of carbonyl (C=O) groups is 1. The van der Waals surface area contributed by atoms with Crippen LogP contribution >= 0.6 is 0 Å². The zero-order chi connectivity index (χ0) is 42.0. The fourth-order valence-electron chi connectivity index (χ4n) is 8.74. The highest BCUT2D eigenvalue weighted by Gasteiger charge is 2.30. The van der Waals surface area contributed by atoms with Gasteiger partial charge in [0.15, 0.2) is 0 Å². The van der Waals surface area contributed by atoms with E-state index >= 15 is 0 Å². The first-order valence-corrected chi connectivity index (χ1v) is 22.4. The van der Waals surface area contributed by atoms with Gasteiger partial charge in [-0.3, -0.25) is 4.79 Å².